The van der Waals surface area contributed by atoms with Gasteiger partial charge in [-0.15, -0.1) is 0 Å². The number of nitrogens with one attached hydrogen (secondary N) is 1. The molecular weight excluding hydrogens is 273 g/mol. The summed E-state index contributed by atoms with van der Waals surface area (Å²) in [6, 6.07) is 0. The third-order valence-electron chi connectivity index (χ3n) is 3.60. The van der Waals surface area contributed by atoms with E-state index in [1.165, 1.54) is 11.9 Å². The normalized spacial score (nSPS) is 18.5. The molecule has 0 aromatic rings. The van der Waals surface area contributed by atoms with Gasteiger partial charge in [0.05, 0.1) is 0 Å². The highest BCUT2D eigenvalue weighted by Gasteiger charge is 2.38. The van der Waals surface area contributed by atoms with Crippen molar-refractivity contribution in [1.82, 2.24) is 10.2 Å². The maximum atomic E-state index is 12.1. The van der Waals surface area contributed by atoms with Crippen LogP contribution in [-0.2, 0) is 4.79 Å². The summed E-state index contributed by atoms with van der Waals surface area (Å²) in [5.41, 5.74) is 0. The summed E-state index contributed by atoms with van der Waals surface area (Å²) in [5.74, 6) is 0.167. The Balaban J connectivity index is 2.09. The van der Waals surface area contributed by atoms with Crippen LogP contribution in [-0.4, -0.2) is 54.9 Å². The molecule has 0 aromatic carbocycles. The molecule has 0 spiro atoms. The molecule has 1 atom stereocenters. The van der Waals surface area contributed by atoms with Gasteiger partial charge < -0.3 is 15.3 Å². The Morgan fingerprint density at radius 3 is 2.55 bits per heavy atom. The molecule has 4 nitrogen and oxygen atoms in total. The fraction of sp³-hybridized carbons (Fsp3) is 0.923. The zero-order chi connectivity index (χ0) is 15.2. The Bertz CT molecular complexity index is 304. The van der Waals surface area contributed by atoms with Gasteiger partial charge in [0, 0.05) is 19.0 Å². The van der Waals surface area contributed by atoms with Crippen molar-refractivity contribution in [3.8, 4) is 0 Å². The van der Waals surface area contributed by atoms with Crippen LogP contribution in [0.15, 0.2) is 0 Å². The first-order valence-corrected chi connectivity index (χ1v) is 7.01. The van der Waals surface area contributed by atoms with Crippen LogP contribution >= 0.6 is 0 Å². The summed E-state index contributed by atoms with van der Waals surface area (Å²) >= 11 is 0. The summed E-state index contributed by atoms with van der Waals surface area (Å²) in [6.07, 6.45) is -2.27. The number of halogens is 3. The van der Waals surface area contributed by atoms with E-state index in [0.717, 1.165) is 25.7 Å². The summed E-state index contributed by atoms with van der Waals surface area (Å²) < 4.78 is 36.4. The number of amides is 1. The van der Waals surface area contributed by atoms with Gasteiger partial charge in [0.1, 0.15) is 0 Å². The molecule has 1 unspecified atom stereocenters. The van der Waals surface area contributed by atoms with Crippen molar-refractivity contribution >= 4 is 5.91 Å². The molecule has 0 heterocycles. The van der Waals surface area contributed by atoms with Gasteiger partial charge >= 0.3 is 6.18 Å². The summed E-state index contributed by atoms with van der Waals surface area (Å²) in [7, 11) is 1.52. The summed E-state index contributed by atoms with van der Waals surface area (Å²) in [5, 5.41) is 11.7. The molecule has 0 aromatic heterocycles. The van der Waals surface area contributed by atoms with E-state index in [9.17, 15) is 18.0 Å². The largest absolute Gasteiger partial charge is 0.415 e. The summed E-state index contributed by atoms with van der Waals surface area (Å²) in [6.45, 7) is 0.417. The monoisotopic (exact) mass is 296 g/mol. The molecule has 1 rings (SSSR count). The predicted molar refractivity (Wildman–Crippen MR) is 69.1 cm³/mol. The maximum Gasteiger partial charge on any atom is 0.415 e. The van der Waals surface area contributed by atoms with Gasteiger partial charge in [-0.2, -0.15) is 13.2 Å². The van der Waals surface area contributed by atoms with E-state index in [1.54, 1.807) is 0 Å². The molecule has 0 radical (unpaired) electrons. The minimum Gasteiger partial charge on any atom is -0.382 e. The Hall–Kier alpha value is -0.820. The standard InChI is InChI=1S/C13H23F3N2O2/c1-18(9-11(19)13(14,15)16)8-4-7-17-12(20)10-5-2-3-6-10/h10-11,19H,2-9H2,1H3,(H,17,20). The van der Waals surface area contributed by atoms with Crippen LogP contribution in [0.4, 0.5) is 13.2 Å². The van der Waals surface area contributed by atoms with Gasteiger partial charge in [-0.1, -0.05) is 12.8 Å². The molecule has 0 aliphatic heterocycles. The van der Waals surface area contributed by atoms with Crippen LogP contribution < -0.4 is 5.32 Å². The van der Waals surface area contributed by atoms with Crippen molar-refractivity contribution in [1.29, 1.82) is 0 Å². The quantitative estimate of drug-likeness (QED) is 0.701. The van der Waals surface area contributed by atoms with E-state index in [0.29, 0.717) is 19.5 Å². The Kier molecular flexibility index (Phi) is 6.75. The predicted octanol–water partition coefficient (Wildman–Crippen LogP) is 1.54. The molecule has 2 N–H and O–H groups in total. The van der Waals surface area contributed by atoms with E-state index in [1.807, 2.05) is 0 Å². The van der Waals surface area contributed by atoms with Crippen molar-refractivity contribution < 1.29 is 23.1 Å². The van der Waals surface area contributed by atoms with Crippen LogP contribution in [0.1, 0.15) is 32.1 Å². The first kappa shape index (κ1) is 17.2. The van der Waals surface area contributed by atoms with Crippen LogP contribution in [0.25, 0.3) is 0 Å². The average Bonchev–Trinajstić information content (AvgIpc) is 2.86. The molecule has 7 heteroatoms. The van der Waals surface area contributed by atoms with E-state index < -0.39 is 18.8 Å². The van der Waals surface area contributed by atoms with Gasteiger partial charge in [0.25, 0.3) is 0 Å². The third kappa shape index (κ3) is 6.09. The lowest BCUT2D eigenvalue weighted by Crippen LogP contribution is -2.40. The molecule has 1 fully saturated rings. The zero-order valence-corrected chi connectivity index (χ0v) is 11.7. The van der Waals surface area contributed by atoms with Gasteiger partial charge in [0.15, 0.2) is 6.10 Å². The fourth-order valence-electron chi connectivity index (χ4n) is 2.38. The second-order valence-corrected chi connectivity index (χ2v) is 5.45. The molecule has 20 heavy (non-hydrogen) atoms. The van der Waals surface area contributed by atoms with Crippen molar-refractivity contribution in [3.63, 3.8) is 0 Å². The first-order chi connectivity index (χ1) is 9.30. The zero-order valence-electron chi connectivity index (χ0n) is 11.7. The van der Waals surface area contributed by atoms with Crippen molar-refractivity contribution in [2.24, 2.45) is 5.92 Å². The number of hydrogen-bond acceptors (Lipinski definition) is 3. The SMILES string of the molecule is CN(CCCNC(=O)C1CCCC1)CC(O)C(F)(F)F. The second kappa shape index (κ2) is 7.83. The summed E-state index contributed by atoms with van der Waals surface area (Å²) in [4.78, 5) is 13.1. The number of nitrogens with zero attached hydrogens (tertiary/aromatic N) is 1. The van der Waals surface area contributed by atoms with Crippen LogP contribution in [0, 0.1) is 5.92 Å². The smallest absolute Gasteiger partial charge is 0.382 e. The highest BCUT2D eigenvalue weighted by Crippen LogP contribution is 2.24. The van der Waals surface area contributed by atoms with E-state index in [-0.39, 0.29) is 11.8 Å². The number of aliphatic hydroxyl groups excluding tert-OH is 1. The molecule has 0 bridgehead atoms. The number of hydrogen-bond donors (Lipinski definition) is 2. The molecule has 0 saturated heterocycles. The molecular formula is C13H23F3N2O2. The topological polar surface area (TPSA) is 52.6 Å². The highest BCUT2D eigenvalue weighted by molar-refractivity contribution is 5.78. The van der Waals surface area contributed by atoms with Gasteiger partial charge in [-0.3, -0.25) is 4.79 Å². The van der Waals surface area contributed by atoms with Gasteiger partial charge in [-0.05, 0) is 32.9 Å². The van der Waals surface area contributed by atoms with E-state index >= 15 is 0 Å². The van der Waals surface area contributed by atoms with Crippen molar-refractivity contribution in [2.75, 3.05) is 26.7 Å². The number of alkyl halides is 3. The van der Waals surface area contributed by atoms with Crippen molar-refractivity contribution in [2.45, 2.75) is 44.4 Å². The minimum absolute atomic E-state index is 0.0560. The molecule has 1 saturated carbocycles. The lowest BCUT2D eigenvalue weighted by molar-refractivity contribution is -0.207. The lowest BCUT2D eigenvalue weighted by Gasteiger charge is -2.22. The first-order valence-electron chi connectivity index (χ1n) is 7.01. The Labute approximate surface area is 117 Å². The van der Waals surface area contributed by atoms with Crippen LogP contribution in [0.2, 0.25) is 0 Å². The van der Waals surface area contributed by atoms with Crippen LogP contribution in [0.5, 0.6) is 0 Å². The Morgan fingerprint density at radius 2 is 2.00 bits per heavy atom. The number of aliphatic hydroxyl groups is 1. The van der Waals surface area contributed by atoms with E-state index in [4.69, 9.17) is 5.11 Å². The minimum atomic E-state index is -4.58. The second-order valence-electron chi connectivity index (χ2n) is 5.45. The fourth-order valence-corrected chi connectivity index (χ4v) is 2.38. The third-order valence-corrected chi connectivity index (χ3v) is 3.60. The molecule has 1 aliphatic rings. The molecule has 1 aliphatic carbocycles. The number of likely N-dealkylation sites (N-methyl/N-ethyl adjacent to an activating group) is 1. The van der Waals surface area contributed by atoms with Gasteiger partial charge in [0.2, 0.25) is 5.91 Å². The average molecular weight is 296 g/mol. The van der Waals surface area contributed by atoms with Crippen LogP contribution in [0.3, 0.4) is 0 Å². The highest BCUT2D eigenvalue weighted by atomic mass is 19.4. The number of rotatable bonds is 7. The number of carbonyl (C=O) groups excluding carboxylic acids is 1. The van der Waals surface area contributed by atoms with Gasteiger partial charge in [-0.25, -0.2) is 0 Å². The Morgan fingerprint density at radius 1 is 1.40 bits per heavy atom. The van der Waals surface area contributed by atoms with E-state index in [2.05, 4.69) is 5.32 Å². The number of carbonyl (C=O) groups is 1. The molecule has 1 amide bonds. The maximum absolute atomic E-state index is 12.1. The molecule has 118 valence electrons. The lowest BCUT2D eigenvalue weighted by atomic mass is 10.1. The van der Waals surface area contributed by atoms with Crippen molar-refractivity contribution in [3.05, 3.63) is 0 Å².